The van der Waals surface area contributed by atoms with Gasteiger partial charge >= 0.3 is 0 Å². The van der Waals surface area contributed by atoms with Crippen molar-refractivity contribution in [3.63, 3.8) is 0 Å². The predicted molar refractivity (Wildman–Crippen MR) is 58.7 cm³/mol. The Kier molecular flexibility index (Phi) is 1.90. The van der Waals surface area contributed by atoms with Crippen molar-refractivity contribution in [2.45, 2.75) is 6.92 Å². The van der Waals surface area contributed by atoms with Crippen molar-refractivity contribution in [3.8, 4) is 11.5 Å². The molecule has 3 rings (SSSR count). The zero-order valence-electron chi connectivity index (χ0n) is 8.38. The molecule has 0 N–H and O–H groups in total. The van der Waals surface area contributed by atoms with Crippen LogP contribution in [-0.4, -0.2) is 20.7 Å². The first-order chi connectivity index (χ1) is 7.81. The van der Waals surface area contributed by atoms with Crippen molar-refractivity contribution in [2.75, 3.05) is 0 Å². The Bertz CT molecular complexity index is 665. The fraction of sp³-hybridized carbons (Fsp3) is 0.100. The number of hydrogen-bond donors (Lipinski definition) is 0. The molecule has 5 nitrogen and oxygen atoms in total. The summed E-state index contributed by atoms with van der Waals surface area (Å²) >= 11 is 1.46. The van der Waals surface area contributed by atoms with Crippen molar-refractivity contribution >= 4 is 22.6 Å². The number of oxazole rings is 1. The van der Waals surface area contributed by atoms with Crippen molar-refractivity contribution in [3.05, 3.63) is 29.4 Å². The maximum atomic E-state index is 10.9. The highest BCUT2D eigenvalue weighted by Crippen LogP contribution is 2.28. The molecule has 16 heavy (non-hydrogen) atoms. The van der Waals surface area contributed by atoms with E-state index in [0.29, 0.717) is 11.5 Å². The lowest BCUT2D eigenvalue weighted by atomic mass is 10.3. The molecule has 0 saturated carbocycles. The molecule has 3 aromatic rings. The number of nitrogens with zero attached hydrogens (tertiary/aromatic N) is 3. The van der Waals surface area contributed by atoms with Crippen LogP contribution in [0.3, 0.4) is 0 Å². The molecule has 0 aliphatic rings. The topological polar surface area (TPSA) is 60.4 Å². The molecule has 0 radical (unpaired) electrons. The SMILES string of the molecule is Cc1ncoc1-c1csc2ncc(C=O)n12. The molecule has 0 saturated heterocycles. The number of thiazole rings is 1. The molecule has 0 bridgehead atoms. The van der Waals surface area contributed by atoms with E-state index in [4.69, 9.17) is 4.42 Å². The molecule has 0 unspecified atom stereocenters. The average Bonchev–Trinajstić information content (AvgIpc) is 2.92. The molecule has 0 amide bonds. The Hall–Kier alpha value is -1.95. The highest BCUT2D eigenvalue weighted by Gasteiger charge is 2.15. The molecule has 6 heteroatoms. The molecule has 0 spiro atoms. The third kappa shape index (κ3) is 1.13. The molecular formula is C10H7N3O2S. The Labute approximate surface area is 94.4 Å². The highest BCUT2D eigenvalue weighted by atomic mass is 32.1. The fourth-order valence-electron chi connectivity index (χ4n) is 1.62. The lowest BCUT2D eigenvalue weighted by molar-refractivity contribution is 0.111. The molecule has 80 valence electrons. The lowest BCUT2D eigenvalue weighted by Gasteiger charge is -1.96. The van der Waals surface area contributed by atoms with Gasteiger partial charge in [-0.15, -0.1) is 11.3 Å². The van der Waals surface area contributed by atoms with Crippen LogP contribution in [-0.2, 0) is 0 Å². The Morgan fingerprint density at radius 3 is 3.06 bits per heavy atom. The number of aromatic nitrogens is 3. The van der Waals surface area contributed by atoms with Crippen LogP contribution in [0.2, 0.25) is 0 Å². The smallest absolute Gasteiger partial charge is 0.194 e. The van der Waals surface area contributed by atoms with Crippen LogP contribution in [0, 0.1) is 6.92 Å². The van der Waals surface area contributed by atoms with Crippen LogP contribution in [0.15, 0.2) is 22.4 Å². The number of imidazole rings is 1. The first-order valence-electron chi connectivity index (χ1n) is 4.62. The predicted octanol–water partition coefficient (Wildman–Crippen LogP) is 2.17. The minimum atomic E-state index is 0.516. The summed E-state index contributed by atoms with van der Waals surface area (Å²) in [6.45, 7) is 1.86. The van der Waals surface area contributed by atoms with Crippen molar-refractivity contribution in [1.82, 2.24) is 14.4 Å². The van der Waals surface area contributed by atoms with Gasteiger partial charge in [0.05, 0.1) is 11.9 Å². The van der Waals surface area contributed by atoms with Crippen LogP contribution in [0.1, 0.15) is 16.2 Å². The van der Waals surface area contributed by atoms with E-state index in [0.717, 1.165) is 22.6 Å². The van der Waals surface area contributed by atoms with E-state index in [2.05, 4.69) is 9.97 Å². The standard InChI is InChI=1S/C10H7N3O2S/c1-6-9(15-5-12-6)8-4-16-10-11-2-7(3-14)13(8)10/h2-5H,1H3. The summed E-state index contributed by atoms with van der Waals surface area (Å²) in [6, 6.07) is 0. The minimum absolute atomic E-state index is 0.516. The average molecular weight is 233 g/mol. The van der Waals surface area contributed by atoms with Crippen LogP contribution in [0.4, 0.5) is 0 Å². The van der Waals surface area contributed by atoms with Gasteiger partial charge < -0.3 is 4.42 Å². The summed E-state index contributed by atoms with van der Waals surface area (Å²) in [6.07, 6.45) is 3.72. The minimum Gasteiger partial charge on any atom is -0.442 e. The van der Waals surface area contributed by atoms with Crippen molar-refractivity contribution in [1.29, 1.82) is 0 Å². The van der Waals surface area contributed by atoms with Crippen molar-refractivity contribution in [2.24, 2.45) is 0 Å². The Morgan fingerprint density at radius 1 is 1.50 bits per heavy atom. The Morgan fingerprint density at radius 2 is 2.38 bits per heavy atom. The molecular weight excluding hydrogens is 226 g/mol. The number of aryl methyl sites for hydroxylation is 1. The van der Waals surface area contributed by atoms with Gasteiger partial charge in [-0.3, -0.25) is 9.20 Å². The quantitative estimate of drug-likeness (QED) is 0.636. The zero-order chi connectivity index (χ0) is 11.1. The summed E-state index contributed by atoms with van der Waals surface area (Å²) < 4.78 is 7.09. The summed E-state index contributed by atoms with van der Waals surface area (Å²) in [5.41, 5.74) is 2.13. The third-order valence-electron chi connectivity index (χ3n) is 2.37. The zero-order valence-corrected chi connectivity index (χ0v) is 9.19. The van der Waals surface area contributed by atoms with E-state index >= 15 is 0 Å². The summed E-state index contributed by atoms with van der Waals surface area (Å²) in [5.74, 6) is 0.673. The summed E-state index contributed by atoms with van der Waals surface area (Å²) in [7, 11) is 0. The second-order valence-electron chi connectivity index (χ2n) is 3.31. The van der Waals surface area contributed by atoms with E-state index < -0.39 is 0 Å². The number of fused-ring (bicyclic) bond motifs is 1. The summed E-state index contributed by atoms with van der Waals surface area (Å²) in [4.78, 5) is 19.8. The monoisotopic (exact) mass is 233 g/mol. The second-order valence-corrected chi connectivity index (χ2v) is 4.14. The normalized spacial score (nSPS) is 11.1. The molecule has 0 aliphatic carbocycles. The van der Waals surface area contributed by atoms with Gasteiger partial charge in [0.15, 0.2) is 23.4 Å². The number of rotatable bonds is 2. The maximum absolute atomic E-state index is 10.9. The van der Waals surface area contributed by atoms with Gasteiger partial charge in [-0.2, -0.15) is 0 Å². The molecule has 0 aromatic carbocycles. The van der Waals surface area contributed by atoms with Crippen LogP contribution >= 0.6 is 11.3 Å². The van der Waals surface area contributed by atoms with Gasteiger partial charge in [0.2, 0.25) is 0 Å². The molecule has 3 aromatic heterocycles. The highest BCUT2D eigenvalue weighted by molar-refractivity contribution is 7.15. The lowest BCUT2D eigenvalue weighted by Crippen LogP contribution is -1.91. The first-order valence-corrected chi connectivity index (χ1v) is 5.50. The number of carbonyl (C=O) groups is 1. The molecule has 0 fully saturated rings. The van der Waals surface area contributed by atoms with Gasteiger partial charge in [0.25, 0.3) is 0 Å². The number of hydrogen-bond acceptors (Lipinski definition) is 5. The van der Waals surface area contributed by atoms with Crippen LogP contribution in [0.25, 0.3) is 16.4 Å². The van der Waals surface area contributed by atoms with E-state index in [1.807, 2.05) is 12.3 Å². The molecule has 0 atom stereocenters. The van der Waals surface area contributed by atoms with E-state index in [1.54, 1.807) is 10.6 Å². The first kappa shape index (κ1) is 9.29. The fourth-order valence-corrected chi connectivity index (χ4v) is 2.47. The van der Waals surface area contributed by atoms with Crippen LogP contribution in [0.5, 0.6) is 0 Å². The molecule has 3 heterocycles. The largest absolute Gasteiger partial charge is 0.442 e. The molecule has 0 aliphatic heterocycles. The van der Waals surface area contributed by atoms with Gasteiger partial charge in [0, 0.05) is 5.38 Å². The van der Waals surface area contributed by atoms with Gasteiger partial charge in [-0.05, 0) is 6.92 Å². The van der Waals surface area contributed by atoms with Crippen molar-refractivity contribution < 1.29 is 9.21 Å². The van der Waals surface area contributed by atoms with E-state index in [-0.39, 0.29) is 0 Å². The van der Waals surface area contributed by atoms with Crippen LogP contribution < -0.4 is 0 Å². The Balaban J connectivity index is 2.35. The van der Waals surface area contributed by atoms with Gasteiger partial charge in [-0.1, -0.05) is 0 Å². The van der Waals surface area contributed by atoms with Gasteiger partial charge in [-0.25, -0.2) is 9.97 Å². The second kappa shape index (κ2) is 3.28. The number of carbonyl (C=O) groups excluding carboxylic acids is 1. The van der Waals surface area contributed by atoms with E-state index in [1.165, 1.54) is 17.7 Å². The maximum Gasteiger partial charge on any atom is 0.194 e. The number of aldehydes is 1. The van der Waals surface area contributed by atoms with E-state index in [9.17, 15) is 4.79 Å². The summed E-state index contributed by atoms with van der Waals surface area (Å²) in [5, 5.41) is 1.91. The van der Waals surface area contributed by atoms with Gasteiger partial charge in [0.1, 0.15) is 11.4 Å². The third-order valence-corrected chi connectivity index (χ3v) is 3.21.